The van der Waals surface area contributed by atoms with Crippen LogP contribution in [-0.4, -0.2) is 23.3 Å². The average Bonchev–Trinajstić information content (AvgIpc) is 2.40. The Morgan fingerprint density at radius 2 is 2.22 bits per heavy atom. The standard InChI is InChI=1S/C14H15N3O/c1-11-4-3-5-13(14(11)18-2)17-7-6-12-10-15-8-9-16-12/h3-5,7-10H,6H2,1-2H3. The lowest BCUT2D eigenvalue weighted by Gasteiger charge is -2.06. The van der Waals surface area contributed by atoms with Crippen LogP contribution < -0.4 is 4.74 Å². The van der Waals surface area contributed by atoms with Gasteiger partial charge in [0.1, 0.15) is 11.4 Å². The maximum absolute atomic E-state index is 5.34. The van der Waals surface area contributed by atoms with E-state index in [1.165, 1.54) is 0 Å². The van der Waals surface area contributed by atoms with Crippen LogP contribution in [0.15, 0.2) is 41.8 Å². The third-order valence-corrected chi connectivity index (χ3v) is 2.54. The third kappa shape index (κ3) is 2.91. The number of benzene rings is 1. The van der Waals surface area contributed by atoms with E-state index < -0.39 is 0 Å². The average molecular weight is 241 g/mol. The summed E-state index contributed by atoms with van der Waals surface area (Å²) >= 11 is 0. The van der Waals surface area contributed by atoms with Gasteiger partial charge in [0.15, 0.2) is 0 Å². The van der Waals surface area contributed by atoms with E-state index in [0.29, 0.717) is 6.42 Å². The molecular weight excluding hydrogens is 226 g/mol. The van der Waals surface area contributed by atoms with Crippen molar-refractivity contribution >= 4 is 11.9 Å². The van der Waals surface area contributed by atoms with Crippen molar-refractivity contribution in [3.05, 3.63) is 48.0 Å². The van der Waals surface area contributed by atoms with Gasteiger partial charge in [-0.05, 0) is 18.6 Å². The Hall–Kier alpha value is -2.23. The molecule has 18 heavy (non-hydrogen) atoms. The maximum Gasteiger partial charge on any atom is 0.147 e. The topological polar surface area (TPSA) is 47.4 Å². The minimum atomic E-state index is 0.658. The van der Waals surface area contributed by atoms with E-state index in [0.717, 1.165) is 22.7 Å². The molecule has 1 heterocycles. The van der Waals surface area contributed by atoms with Crippen molar-refractivity contribution < 1.29 is 4.74 Å². The van der Waals surface area contributed by atoms with E-state index in [1.807, 2.05) is 31.3 Å². The van der Waals surface area contributed by atoms with Gasteiger partial charge in [0.25, 0.3) is 0 Å². The second-order valence-corrected chi connectivity index (χ2v) is 3.84. The first-order valence-electron chi connectivity index (χ1n) is 5.72. The summed E-state index contributed by atoms with van der Waals surface area (Å²) in [6.45, 7) is 2.00. The Morgan fingerprint density at radius 3 is 2.94 bits per heavy atom. The molecule has 0 bridgehead atoms. The van der Waals surface area contributed by atoms with Crippen LogP contribution in [0, 0.1) is 6.92 Å². The zero-order valence-electron chi connectivity index (χ0n) is 10.5. The number of hydrogen-bond donors (Lipinski definition) is 0. The molecule has 0 aliphatic heterocycles. The summed E-state index contributed by atoms with van der Waals surface area (Å²) in [6.07, 6.45) is 7.55. The largest absolute Gasteiger partial charge is 0.494 e. The predicted octanol–water partition coefficient (Wildman–Crippen LogP) is 2.74. The first kappa shape index (κ1) is 12.2. The van der Waals surface area contributed by atoms with Crippen LogP contribution in [0.4, 0.5) is 5.69 Å². The Balaban J connectivity index is 2.12. The monoisotopic (exact) mass is 241 g/mol. The van der Waals surface area contributed by atoms with Gasteiger partial charge in [-0.2, -0.15) is 0 Å². The van der Waals surface area contributed by atoms with Crippen molar-refractivity contribution in [3.8, 4) is 5.75 Å². The first-order valence-corrected chi connectivity index (χ1v) is 5.72. The van der Waals surface area contributed by atoms with Gasteiger partial charge in [0.05, 0.1) is 12.8 Å². The number of aryl methyl sites for hydroxylation is 1. The van der Waals surface area contributed by atoms with Gasteiger partial charge in [0, 0.05) is 31.2 Å². The molecule has 0 radical (unpaired) electrons. The van der Waals surface area contributed by atoms with Gasteiger partial charge in [0.2, 0.25) is 0 Å². The lowest BCUT2D eigenvalue weighted by Crippen LogP contribution is -1.91. The number of nitrogens with zero attached hydrogens (tertiary/aromatic N) is 3. The van der Waals surface area contributed by atoms with Gasteiger partial charge < -0.3 is 4.74 Å². The lowest BCUT2D eigenvalue weighted by molar-refractivity contribution is 0.413. The molecule has 0 aliphatic carbocycles. The number of aromatic nitrogens is 2. The van der Waals surface area contributed by atoms with E-state index in [4.69, 9.17) is 4.74 Å². The SMILES string of the molecule is COc1c(C)cccc1N=CCc1cnccn1. The number of hydrogen-bond acceptors (Lipinski definition) is 4. The molecule has 0 spiro atoms. The molecule has 0 fully saturated rings. The Morgan fingerprint density at radius 1 is 1.33 bits per heavy atom. The van der Waals surface area contributed by atoms with Crippen molar-refractivity contribution in [2.24, 2.45) is 4.99 Å². The molecule has 0 aliphatic rings. The van der Waals surface area contributed by atoms with Crippen LogP contribution in [0.5, 0.6) is 5.75 Å². The van der Waals surface area contributed by atoms with E-state index in [-0.39, 0.29) is 0 Å². The molecule has 0 saturated heterocycles. The second-order valence-electron chi connectivity index (χ2n) is 3.84. The molecule has 0 N–H and O–H groups in total. The van der Waals surface area contributed by atoms with Crippen LogP contribution in [0.3, 0.4) is 0 Å². The smallest absolute Gasteiger partial charge is 0.147 e. The minimum Gasteiger partial charge on any atom is -0.494 e. The van der Waals surface area contributed by atoms with Crippen LogP contribution in [0.25, 0.3) is 0 Å². The molecule has 2 rings (SSSR count). The fraction of sp³-hybridized carbons (Fsp3) is 0.214. The third-order valence-electron chi connectivity index (χ3n) is 2.54. The minimum absolute atomic E-state index is 0.658. The Labute approximate surface area is 106 Å². The highest BCUT2D eigenvalue weighted by molar-refractivity contribution is 5.69. The summed E-state index contributed by atoms with van der Waals surface area (Å²) in [5.74, 6) is 0.813. The molecule has 1 aromatic carbocycles. The summed E-state index contributed by atoms with van der Waals surface area (Å²) < 4.78 is 5.34. The Bertz CT molecular complexity index is 538. The quantitative estimate of drug-likeness (QED) is 0.773. The fourth-order valence-electron chi connectivity index (χ4n) is 1.68. The van der Waals surface area contributed by atoms with Gasteiger partial charge >= 0.3 is 0 Å². The number of aliphatic imine (C=N–C) groups is 1. The first-order chi connectivity index (χ1) is 8.81. The molecule has 0 saturated carbocycles. The van der Waals surface area contributed by atoms with Crippen LogP contribution >= 0.6 is 0 Å². The summed E-state index contributed by atoms with van der Waals surface area (Å²) in [4.78, 5) is 12.6. The highest BCUT2D eigenvalue weighted by Gasteiger charge is 2.03. The summed E-state index contributed by atoms with van der Waals surface area (Å²) in [7, 11) is 1.66. The van der Waals surface area contributed by atoms with Gasteiger partial charge in [-0.3, -0.25) is 15.0 Å². The molecule has 1 aromatic heterocycles. The van der Waals surface area contributed by atoms with Gasteiger partial charge in [-0.25, -0.2) is 0 Å². The van der Waals surface area contributed by atoms with E-state index in [2.05, 4.69) is 15.0 Å². The van der Waals surface area contributed by atoms with Crippen molar-refractivity contribution in [3.63, 3.8) is 0 Å². The van der Waals surface area contributed by atoms with Gasteiger partial charge in [-0.15, -0.1) is 0 Å². The molecule has 0 unspecified atom stereocenters. The molecule has 0 atom stereocenters. The van der Waals surface area contributed by atoms with Crippen LogP contribution in [0.2, 0.25) is 0 Å². The zero-order valence-corrected chi connectivity index (χ0v) is 10.5. The highest BCUT2D eigenvalue weighted by atomic mass is 16.5. The number of ether oxygens (including phenoxy) is 1. The molecule has 92 valence electrons. The maximum atomic E-state index is 5.34. The molecule has 4 nitrogen and oxygen atoms in total. The van der Waals surface area contributed by atoms with E-state index in [9.17, 15) is 0 Å². The van der Waals surface area contributed by atoms with Crippen molar-refractivity contribution in [1.82, 2.24) is 9.97 Å². The molecule has 4 heteroatoms. The molecular formula is C14H15N3O. The number of rotatable bonds is 4. The van der Waals surface area contributed by atoms with E-state index in [1.54, 1.807) is 25.7 Å². The normalized spacial score (nSPS) is 10.8. The Kier molecular flexibility index (Phi) is 4.02. The fourth-order valence-corrected chi connectivity index (χ4v) is 1.68. The zero-order chi connectivity index (χ0) is 12.8. The van der Waals surface area contributed by atoms with Crippen molar-refractivity contribution in [2.45, 2.75) is 13.3 Å². The molecule has 0 amide bonds. The predicted molar refractivity (Wildman–Crippen MR) is 71.6 cm³/mol. The number of para-hydroxylation sites is 1. The van der Waals surface area contributed by atoms with Crippen LogP contribution in [-0.2, 0) is 6.42 Å². The van der Waals surface area contributed by atoms with Crippen molar-refractivity contribution in [2.75, 3.05) is 7.11 Å². The highest BCUT2D eigenvalue weighted by Crippen LogP contribution is 2.30. The number of methoxy groups -OCH3 is 1. The van der Waals surface area contributed by atoms with E-state index >= 15 is 0 Å². The summed E-state index contributed by atoms with van der Waals surface area (Å²) in [6, 6.07) is 5.90. The molecule has 2 aromatic rings. The summed E-state index contributed by atoms with van der Waals surface area (Å²) in [5.41, 5.74) is 2.81. The van der Waals surface area contributed by atoms with Crippen LogP contribution in [0.1, 0.15) is 11.3 Å². The summed E-state index contributed by atoms with van der Waals surface area (Å²) in [5, 5.41) is 0. The van der Waals surface area contributed by atoms with Crippen molar-refractivity contribution in [1.29, 1.82) is 0 Å². The second kappa shape index (κ2) is 5.91. The van der Waals surface area contributed by atoms with Gasteiger partial charge in [-0.1, -0.05) is 12.1 Å². The lowest BCUT2D eigenvalue weighted by atomic mass is 10.2.